The molecule has 124 valence electrons. The number of benzene rings is 1. The Morgan fingerprint density at radius 1 is 1.25 bits per heavy atom. The molecule has 4 nitrogen and oxygen atoms in total. The third kappa shape index (κ3) is 3.83. The molecular weight excluding hydrogens is 322 g/mol. The average molecular weight is 343 g/mol. The second-order valence-corrected chi connectivity index (χ2v) is 6.37. The molecule has 5 heteroatoms. The summed E-state index contributed by atoms with van der Waals surface area (Å²) in [5, 5.41) is 3.19. The number of rotatable bonds is 4. The Hall–Kier alpha value is -2.17. The number of hydrogen-bond donors (Lipinski definition) is 2. The third-order valence-electron chi connectivity index (χ3n) is 4.49. The van der Waals surface area contributed by atoms with Gasteiger partial charge >= 0.3 is 0 Å². The molecular formula is C19H21ClN3O+. The van der Waals surface area contributed by atoms with E-state index in [9.17, 15) is 4.79 Å². The number of quaternary nitrogens is 1. The average Bonchev–Trinajstić information content (AvgIpc) is 2.64. The Labute approximate surface area is 147 Å². The summed E-state index contributed by atoms with van der Waals surface area (Å²) < 4.78 is 0. The van der Waals surface area contributed by atoms with Gasteiger partial charge in [0.2, 0.25) is 0 Å². The molecule has 2 heterocycles. The first-order valence-electron chi connectivity index (χ1n) is 8.15. The fourth-order valence-electron chi connectivity index (χ4n) is 2.97. The van der Waals surface area contributed by atoms with Crippen LogP contribution in [0.2, 0.25) is 5.15 Å². The molecule has 0 saturated carbocycles. The van der Waals surface area contributed by atoms with Gasteiger partial charge in [0.15, 0.2) is 11.2 Å². The number of nitrogens with zero attached hydrogens (tertiary/aromatic N) is 1. The minimum atomic E-state index is -0.144. The third-order valence-corrected chi connectivity index (χ3v) is 4.79. The summed E-state index contributed by atoms with van der Waals surface area (Å²) in [6.45, 7) is 3.74. The van der Waals surface area contributed by atoms with E-state index in [1.165, 1.54) is 16.0 Å². The van der Waals surface area contributed by atoms with Gasteiger partial charge in [-0.15, -0.1) is 0 Å². The van der Waals surface area contributed by atoms with Crippen molar-refractivity contribution in [2.24, 2.45) is 0 Å². The van der Waals surface area contributed by atoms with Crippen LogP contribution in [0.25, 0.3) is 5.57 Å². The lowest BCUT2D eigenvalue weighted by Gasteiger charge is -2.28. The van der Waals surface area contributed by atoms with Crippen LogP contribution >= 0.6 is 11.6 Å². The summed E-state index contributed by atoms with van der Waals surface area (Å²) in [4.78, 5) is 17.7. The molecule has 1 aliphatic rings. The normalized spacial score (nSPS) is 18.6. The molecule has 0 saturated heterocycles. The van der Waals surface area contributed by atoms with Gasteiger partial charge in [0.05, 0.1) is 18.8 Å². The first kappa shape index (κ1) is 16.7. The van der Waals surface area contributed by atoms with Crippen molar-refractivity contribution in [3.63, 3.8) is 0 Å². The number of amides is 1. The molecule has 3 rings (SSSR count). The van der Waals surface area contributed by atoms with Gasteiger partial charge < -0.3 is 10.2 Å². The van der Waals surface area contributed by atoms with E-state index in [2.05, 4.69) is 40.6 Å². The zero-order valence-corrected chi connectivity index (χ0v) is 14.4. The van der Waals surface area contributed by atoms with Crippen LogP contribution in [0.5, 0.6) is 0 Å². The highest BCUT2D eigenvalue weighted by Gasteiger charge is 2.27. The van der Waals surface area contributed by atoms with Crippen molar-refractivity contribution in [2.45, 2.75) is 19.4 Å². The Balaban J connectivity index is 1.62. The maximum Gasteiger partial charge on any atom is 0.282 e. The van der Waals surface area contributed by atoms with Crippen molar-refractivity contribution < 1.29 is 9.69 Å². The van der Waals surface area contributed by atoms with Gasteiger partial charge in [0, 0.05) is 12.6 Å². The Morgan fingerprint density at radius 3 is 2.71 bits per heavy atom. The van der Waals surface area contributed by atoms with Crippen molar-refractivity contribution in [1.82, 2.24) is 4.98 Å². The van der Waals surface area contributed by atoms with Gasteiger partial charge in [0.25, 0.3) is 5.91 Å². The van der Waals surface area contributed by atoms with Crippen LogP contribution in [-0.4, -0.2) is 30.0 Å². The van der Waals surface area contributed by atoms with E-state index in [4.69, 9.17) is 11.6 Å². The Kier molecular flexibility index (Phi) is 5.28. The number of halogens is 1. The fraction of sp³-hybridized carbons (Fsp3) is 0.263. The monoisotopic (exact) mass is 342 g/mol. The van der Waals surface area contributed by atoms with Gasteiger partial charge in [-0.25, -0.2) is 4.98 Å². The first-order chi connectivity index (χ1) is 11.6. The summed E-state index contributed by atoms with van der Waals surface area (Å²) in [7, 11) is 0. The zero-order valence-electron chi connectivity index (χ0n) is 13.6. The molecule has 0 aliphatic carbocycles. The summed E-state index contributed by atoms with van der Waals surface area (Å²) in [6, 6.07) is 13.8. The van der Waals surface area contributed by atoms with Gasteiger partial charge in [0.1, 0.15) is 0 Å². The van der Waals surface area contributed by atoms with E-state index in [0.29, 0.717) is 10.8 Å². The molecule has 0 bridgehead atoms. The summed E-state index contributed by atoms with van der Waals surface area (Å²) in [6.07, 6.45) is 4.83. The molecule has 1 unspecified atom stereocenters. The molecule has 2 aromatic rings. The fourth-order valence-corrected chi connectivity index (χ4v) is 3.13. The van der Waals surface area contributed by atoms with Crippen LogP contribution in [0.4, 0.5) is 5.69 Å². The van der Waals surface area contributed by atoms with Crippen molar-refractivity contribution in [1.29, 1.82) is 0 Å². The topological polar surface area (TPSA) is 46.4 Å². The second-order valence-electron chi connectivity index (χ2n) is 6.01. The number of carbonyl (C=O) groups excluding carboxylic acids is 1. The number of aromatic nitrogens is 1. The molecule has 0 fully saturated rings. The predicted octanol–water partition coefficient (Wildman–Crippen LogP) is 2.43. The number of hydrogen-bond acceptors (Lipinski definition) is 2. The van der Waals surface area contributed by atoms with Crippen molar-refractivity contribution in [2.75, 3.05) is 18.4 Å². The quantitative estimate of drug-likeness (QED) is 0.838. The number of pyridine rings is 1. The summed E-state index contributed by atoms with van der Waals surface area (Å²) >= 11 is 6.00. The lowest BCUT2D eigenvalue weighted by molar-refractivity contribution is -0.909. The lowest BCUT2D eigenvalue weighted by Crippen LogP contribution is -3.17. The predicted molar refractivity (Wildman–Crippen MR) is 97.1 cm³/mol. The standard InChI is InChI=1S/C19H20ClN3O/c1-14(19(24)22-17-8-5-11-21-18(17)20)23-12-9-16(10-13-23)15-6-3-2-4-7-15/h2-9,11,14H,10,12-13H2,1H3,(H,22,24)/p+1/t14-/m1/s1. The maximum atomic E-state index is 12.5. The number of nitrogens with one attached hydrogen (secondary N) is 2. The highest BCUT2D eigenvalue weighted by Crippen LogP contribution is 2.19. The van der Waals surface area contributed by atoms with E-state index >= 15 is 0 Å². The van der Waals surface area contributed by atoms with E-state index in [1.807, 2.05) is 13.0 Å². The van der Waals surface area contributed by atoms with E-state index in [-0.39, 0.29) is 11.9 Å². The second kappa shape index (κ2) is 7.60. The van der Waals surface area contributed by atoms with Crippen molar-refractivity contribution in [3.8, 4) is 0 Å². The SMILES string of the molecule is C[C@H](C(=O)Nc1cccnc1Cl)[NH+]1CC=C(c2ccccc2)CC1. The summed E-state index contributed by atoms with van der Waals surface area (Å²) in [5.41, 5.74) is 3.20. The number of carbonyl (C=O) groups is 1. The van der Waals surface area contributed by atoms with E-state index < -0.39 is 0 Å². The maximum absolute atomic E-state index is 12.5. The molecule has 1 aromatic heterocycles. The highest BCUT2D eigenvalue weighted by molar-refractivity contribution is 6.32. The zero-order chi connectivity index (χ0) is 16.9. The molecule has 2 N–H and O–H groups in total. The van der Waals surface area contributed by atoms with Crippen LogP contribution in [0.1, 0.15) is 18.9 Å². The van der Waals surface area contributed by atoms with Crippen molar-refractivity contribution in [3.05, 3.63) is 65.5 Å². The molecule has 2 atom stereocenters. The lowest BCUT2D eigenvalue weighted by atomic mass is 9.99. The van der Waals surface area contributed by atoms with Crippen molar-refractivity contribution >= 4 is 28.8 Å². The van der Waals surface area contributed by atoms with Crippen LogP contribution in [0.15, 0.2) is 54.7 Å². The molecule has 0 spiro atoms. The minimum absolute atomic E-state index is 0.0311. The first-order valence-corrected chi connectivity index (χ1v) is 8.53. The minimum Gasteiger partial charge on any atom is -0.321 e. The number of anilines is 1. The Bertz CT molecular complexity index is 745. The van der Waals surface area contributed by atoms with E-state index in [0.717, 1.165) is 19.5 Å². The largest absolute Gasteiger partial charge is 0.321 e. The molecule has 1 aromatic carbocycles. The van der Waals surface area contributed by atoms with Crippen LogP contribution in [0, 0.1) is 0 Å². The molecule has 0 radical (unpaired) electrons. The van der Waals surface area contributed by atoms with Gasteiger partial charge in [-0.3, -0.25) is 4.79 Å². The van der Waals surface area contributed by atoms with Crippen LogP contribution in [-0.2, 0) is 4.79 Å². The molecule has 1 amide bonds. The highest BCUT2D eigenvalue weighted by atomic mass is 35.5. The van der Waals surface area contributed by atoms with Crippen LogP contribution < -0.4 is 10.2 Å². The molecule has 1 aliphatic heterocycles. The Morgan fingerprint density at radius 2 is 2.04 bits per heavy atom. The summed E-state index contributed by atoms with van der Waals surface area (Å²) in [5.74, 6) is -0.0311. The van der Waals surface area contributed by atoms with Gasteiger partial charge in [-0.2, -0.15) is 0 Å². The van der Waals surface area contributed by atoms with Gasteiger partial charge in [-0.05, 0) is 36.3 Å². The van der Waals surface area contributed by atoms with E-state index in [1.54, 1.807) is 18.3 Å². The van der Waals surface area contributed by atoms with Gasteiger partial charge in [-0.1, -0.05) is 41.9 Å². The molecule has 24 heavy (non-hydrogen) atoms. The smallest absolute Gasteiger partial charge is 0.282 e. The van der Waals surface area contributed by atoms with Crippen LogP contribution in [0.3, 0.4) is 0 Å².